The maximum absolute atomic E-state index is 12.5. The summed E-state index contributed by atoms with van der Waals surface area (Å²) >= 11 is 0. The molecule has 4 aromatic rings. The minimum absolute atomic E-state index is 0.101. The van der Waals surface area contributed by atoms with Gasteiger partial charge in [0.1, 0.15) is 5.75 Å². The first-order valence-corrected chi connectivity index (χ1v) is 9.77. The summed E-state index contributed by atoms with van der Waals surface area (Å²) in [5.41, 5.74) is 4.29. The number of oxazole rings is 1. The number of nitrogens with zero attached hydrogens (tertiary/aromatic N) is 2. The monoisotopic (exact) mass is 414 g/mol. The normalized spacial score (nSPS) is 10.5. The van der Waals surface area contributed by atoms with Crippen molar-refractivity contribution in [1.82, 2.24) is 9.97 Å². The minimum Gasteiger partial charge on any atom is -0.497 e. The van der Waals surface area contributed by atoms with E-state index in [1.807, 2.05) is 61.5 Å². The first-order valence-electron chi connectivity index (χ1n) is 9.77. The van der Waals surface area contributed by atoms with E-state index >= 15 is 0 Å². The number of nitrogens with one attached hydrogen (secondary N) is 2. The molecular formula is C24H22N4O3. The largest absolute Gasteiger partial charge is 0.497 e. The minimum atomic E-state index is -0.101. The molecule has 0 atom stereocenters. The Balaban J connectivity index is 1.43. The molecule has 0 bridgehead atoms. The number of ether oxygens (including phenoxy) is 1. The smallest absolute Gasteiger partial charge is 0.299 e. The van der Waals surface area contributed by atoms with Gasteiger partial charge in [-0.2, -0.15) is 0 Å². The van der Waals surface area contributed by atoms with Crippen LogP contribution >= 0.6 is 0 Å². The number of rotatable bonds is 7. The molecule has 2 heterocycles. The van der Waals surface area contributed by atoms with Gasteiger partial charge in [-0.1, -0.05) is 18.2 Å². The first-order chi connectivity index (χ1) is 15.1. The predicted octanol–water partition coefficient (Wildman–Crippen LogP) is 4.98. The number of benzene rings is 2. The number of hydrogen-bond acceptors (Lipinski definition) is 6. The Bertz CT molecular complexity index is 1170. The van der Waals surface area contributed by atoms with Gasteiger partial charge in [0.2, 0.25) is 5.91 Å². The Morgan fingerprint density at radius 2 is 1.84 bits per heavy atom. The van der Waals surface area contributed by atoms with Crippen molar-refractivity contribution in [2.75, 3.05) is 17.7 Å². The van der Waals surface area contributed by atoms with Gasteiger partial charge in [0.15, 0.2) is 5.76 Å². The van der Waals surface area contributed by atoms with Crippen LogP contribution in [0.3, 0.4) is 0 Å². The van der Waals surface area contributed by atoms with Gasteiger partial charge in [-0.15, -0.1) is 0 Å². The van der Waals surface area contributed by atoms with Crippen LogP contribution in [0.2, 0.25) is 0 Å². The second-order valence-corrected chi connectivity index (χ2v) is 6.99. The fourth-order valence-corrected chi connectivity index (χ4v) is 3.07. The van der Waals surface area contributed by atoms with Crippen molar-refractivity contribution in [3.05, 3.63) is 84.3 Å². The van der Waals surface area contributed by atoms with Crippen LogP contribution in [0.4, 0.5) is 17.4 Å². The number of hydrogen-bond donors (Lipinski definition) is 2. The van der Waals surface area contributed by atoms with E-state index in [-0.39, 0.29) is 12.3 Å². The van der Waals surface area contributed by atoms with Crippen molar-refractivity contribution in [3.8, 4) is 17.1 Å². The molecule has 2 aromatic carbocycles. The number of pyridine rings is 1. The average Bonchev–Trinajstić information content (AvgIpc) is 3.26. The summed E-state index contributed by atoms with van der Waals surface area (Å²) in [6.45, 7) is 1.97. The van der Waals surface area contributed by atoms with Crippen molar-refractivity contribution in [1.29, 1.82) is 0 Å². The van der Waals surface area contributed by atoms with E-state index in [2.05, 4.69) is 20.6 Å². The van der Waals surface area contributed by atoms with Crippen LogP contribution in [0.25, 0.3) is 11.3 Å². The highest BCUT2D eigenvalue weighted by Gasteiger charge is 2.10. The van der Waals surface area contributed by atoms with E-state index in [9.17, 15) is 4.79 Å². The Kier molecular flexibility index (Phi) is 5.93. The van der Waals surface area contributed by atoms with Crippen molar-refractivity contribution in [2.45, 2.75) is 13.3 Å². The summed E-state index contributed by atoms with van der Waals surface area (Å²) in [7, 11) is 1.61. The van der Waals surface area contributed by atoms with Gasteiger partial charge >= 0.3 is 0 Å². The van der Waals surface area contributed by atoms with Crippen LogP contribution in [0.15, 0.2) is 77.6 Å². The van der Waals surface area contributed by atoms with Gasteiger partial charge in [0.05, 0.1) is 19.7 Å². The van der Waals surface area contributed by atoms with Gasteiger partial charge in [0, 0.05) is 29.3 Å². The lowest BCUT2D eigenvalue weighted by molar-refractivity contribution is -0.115. The van der Waals surface area contributed by atoms with Crippen molar-refractivity contribution >= 4 is 23.3 Å². The molecule has 0 radical (unpaired) electrons. The summed E-state index contributed by atoms with van der Waals surface area (Å²) in [5, 5.41) is 6.12. The topological polar surface area (TPSA) is 89.3 Å². The van der Waals surface area contributed by atoms with E-state index in [0.29, 0.717) is 17.5 Å². The second-order valence-electron chi connectivity index (χ2n) is 6.99. The van der Waals surface area contributed by atoms with Crippen LogP contribution < -0.4 is 15.4 Å². The maximum Gasteiger partial charge on any atom is 0.299 e. The summed E-state index contributed by atoms with van der Waals surface area (Å²) < 4.78 is 10.9. The number of anilines is 3. The number of amides is 1. The van der Waals surface area contributed by atoms with Crippen molar-refractivity contribution < 1.29 is 13.9 Å². The lowest BCUT2D eigenvalue weighted by Gasteiger charge is -2.11. The second kappa shape index (κ2) is 9.13. The summed E-state index contributed by atoms with van der Waals surface area (Å²) in [6.07, 6.45) is 5.34. The lowest BCUT2D eigenvalue weighted by atomic mass is 10.1. The molecule has 0 fully saturated rings. The molecule has 0 aliphatic heterocycles. The zero-order valence-corrected chi connectivity index (χ0v) is 17.3. The summed E-state index contributed by atoms with van der Waals surface area (Å²) in [4.78, 5) is 20.8. The number of aromatic nitrogens is 2. The molecule has 2 N–H and O–H groups in total. The SMILES string of the molecule is COc1ccc(CC(=O)Nc2ccc(C)c(Nc3ncc(-c4ccncc4)o3)c2)cc1. The lowest BCUT2D eigenvalue weighted by Crippen LogP contribution is -2.14. The van der Waals surface area contributed by atoms with Crippen LogP contribution in [0.5, 0.6) is 5.75 Å². The van der Waals surface area contributed by atoms with Crippen molar-refractivity contribution in [3.63, 3.8) is 0 Å². The molecule has 0 unspecified atom stereocenters. The fourth-order valence-electron chi connectivity index (χ4n) is 3.07. The summed E-state index contributed by atoms with van der Waals surface area (Å²) in [6, 6.07) is 17.2. The quantitative estimate of drug-likeness (QED) is 0.443. The Hall–Kier alpha value is -4.13. The average molecular weight is 414 g/mol. The van der Waals surface area contributed by atoms with Crippen LogP contribution in [-0.2, 0) is 11.2 Å². The standard InChI is InChI=1S/C24H22N4O3/c1-16-3-6-19(27-23(29)13-17-4-7-20(30-2)8-5-17)14-21(16)28-24-26-15-22(31-24)18-9-11-25-12-10-18/h3-12,14-15H,13H2,1-2H3,(H,26,28)(H,27,29). The van der Waals surface area contributed by atoms with E-state index in [1.54, 1.807) is 25.7 Å². The number of carbonyl (C=O) groups is 1. The Morgan fingerprint density at radius 1 is 1.06 bits per heavy atom. The van der Waals surface area contributed by atoms with E-state index in [0.717, 1.165) is 28.1 Å². The number of methoxy groups -OCH3 is 1. The summed E-state index contributed by atoms with van der Waals surface area (Å²) in [5.74, 6) is 1.31. The predicted molar refractivity (Wildman–Crippen MR) is 120 cm³/mol. The fraction of sp³-hybridized carbons (Fsp3) is 0.125. The molecule has 4 rings (SSSR count). The van der Waals surface area contributed by atoms with Gasteiger partial charge < -0.3 is 19.8 Å². The Labute approximate surface area is 180 Å². The molecular weight excluding hydrogens is 392 g/mol. The molecule has 0 aliphatic carbocycles. The van der Waals surface area contributed by atoms with Gasteiger partial charge in [-0.3, -0.25) is 9.78 Å². The molecule has 156 valence electrons. The highest BCUT2D eigenvalue weighted by atomic mass is 16.5. The first kappa shape index (κ1) is 20.2. The van der Waals surface area contributed by atoms with E-state index < -0.39 is 0 Å². The third-order valence-electron chi connectivity index (χ3n) is 4.76. The van der Waals surface area contributed by atoms with E-state index in [1.165, 1.54) is 0 Å². The molecule has 0 spiro atoms. The maximum atomic E-state index is 12.5. The molecule has 0 saturated carbocycles. The third kappa shape index (κ3) is 5.08. The highest BCUT2D eigenvalue weighted by molar-refractivity contribution is 5.93. The molecule has 31 heavy (non-hydrogen) atoms. The molecule has 0 aliphatic rings. The molecule has 7 nitrogen and oxygen atoms in total. The molecule has 1 amide bonds. The van der Waals surface area contributed by atoms with Gasteiger partial charge in [-0.25, -0.2) is 4.98 Å². The Morgan fingerprint density at radius 3 is 2.58 bits per heavy atom. The highest BCUT2D eigenvalue weighted by Crippen LogP contribution is 2.27. The van der Waals surface area contributed by atoms with Crippen LogP contribution in [0.1, 0.15) is 11.1 Å². The van der Waals surface area contributed by atoms with E-state index in [4.69, 9.17) is 9.15 Å². The molecule has 2 aromatic heterocycles. The number of aryl methyl sites for hydroxylation is 1. The van der Waals surface area contributed by atoms with Crippen LogP contribution in [-0.4, -0.2) is 23.0 Å². The van der Waals surface area contributed by atoms with Crippen LogP contribution in [0, 0.1) is 6.92 Å². The zero-order chi connectivity index (χ0) is 21.6. The number of carbonyl (C=O) groups excluding carboxylic acids is 1. The van der Waals surface area contributed by atoms with Gasteiger partial charge in [0.25, 0.3) is 6.01 Å². The van der Waals surface area contributed by atoms with Crippen molar-refractivity contribution in [2.24, 2.45) is 0 Å². The molecule has 7 heteroatoms. The molecule has 0 saturated heterocycles. The third-order valence-corrected chi connectivity index (χ3v) is 4.76. The zero-order valence-electron chi connectivity index (χ0n) is 17.3. The van der Waals surface area contributed by atoms with Gasteiger partial charge in [-0.05, 0) is 54.4 Å².